The van der Waals surface area contributed by atoms with E-state index >= 15 is 0 Å². The Kier molecular flexibility index (Phi) is 4.55. The second-order valence-corrected chi connectivity index (χ2v) is 7.13. The molecule has 154 valence electrons. The molecule has 5 rings (SSSR count). The van der Waals surface area contributed by atoms with Crippen molar-refractivity contribution < 1.29 is 14.0 Å². The molecule has 0 amide bonds. The van der Waals surface area contributed by atoms with Crippen LogP contribution in [0.25, 0.3) is 17.2 Å². The molecule has 30 heavy (non-hydrogen) atoms. The van der Waals surface area contributed by atoms with Gasteiger partial charge in [0.1, 0.15) is 12.4 Å². The van der Waals surface area contributed by atoms with Crippen molar-refractivity contribution in [2.24, 2.45) is 0 Å². The molecule has 0 spiro atoms. The summed E-state index contributed by atoms with van der Waals surface area (Å²) in [5.74, 6) is 1.93. The van der Waals surface area contributed by atoms with Crippen molar-refractivity contribution in [3.63, 3.8) is 0 Å². The van der Waals surface area contributed by atoms with E-state index in [4.69, 9.17) is 19.0 Å². The van der Waals surface area contributed by atoms with Gasteiger partial charge in [0.25, 0.3) is 5.88 Å². The molecule has 0 aromatic carbocycles. The molecule has 0 radical (unpaired) electrons. The lowest BCUT2D eigenvalue weighted by Crippen LogP contribution is -2.14. The second-order valence-electron chi connectivity index (χ2n) is 7.13. The molecule has 10 nitrogen and oxygen atoms in total. The molecule has 0 bridgehead atoms. The van der Waals surface area contributed by atoms with Gasteiger partial charge in [0.05, 0.1) is 18.5 Å². The second kappa shape index (κ2) is 7.38. The first kappa shape index (κ1) is 18.5. The number of hydrogen-bond donors (Lipinski definition) is 0. The van der Waals surface area contributed by atoms with Crippen LogP contribution in [0.2, 0.25) is 0 Å². The normalized spacial score (nSPS) is 13.7. The molecular formula is C20H21N7O3. The van der Waals surface area contributed by atoms with E-state index in [2.05, 4.69) is 38.3 Å². The third kappa shape index (κ3) is 3.24. The molecule has 0 saturated carbocycles. The van der Waals surface area contributed by atoms with Gasteiger partial charge in [-0.05, 0) is 25.1 Å². The van der Waals surface area contributed by atoms with Gasteiger partial charge in [0.2, 0.25) is 5.82 Å². The van der Waals surface area contributed by atoms with E-state index in [1.807, 2.05) is 13.0 Å². The molecule has 1 aliphatic heterocycles. The fourth-order valence-corrected chi connectivity index (χ4v) is 3.49. The minimum atomic E-state index is 0.273. The third-order valence-corrected chi connectivity index (χ3v) is 5.10. The van der Waals surface area contributed by atoms with Crippen molar-refractivity contribution in [1.82, 2.24) is 34.9 Å². The van der Waals surface area contributed by atoms with Crippen LogP contribution in [0.4, 0.5) is 0 Å². The highest BCUT2D eigenvalue weighted by Gasteiger charge is 2.20. The Morgan fingerprint density at radius 1 is 1.17 bits per heavy atom. The summed E-state index contributed by atoms with van der Waals surface area (Å²) in [5, 5.41) is 16.8. The van der Waals surface area contributed by atoms with E-state index in [0.29, 0.717) is 34.6 Å². The third-order valence-electron chi connectivity index (χ3n) is 5.10. The van der Waals surface area contributed by atoms with E-state index in [1.165, 1.54) is 5.56 Å². The molecule has 0 saturated heterocycles. The predicted molar refractivity (Wildman–Crippen MR) is 106 cm³/mol. The fourth-order valence-electron chi connectivity index (χ4n) is 3.49. The average molecular weight is 407 g/mol. The van der Waals surface area contributed by atoms with Crippen molar-refractivity contribution in [2.45, 2.75) is 33.5 Å². The Bertz CT molecular complexity index is 1220. The van der Waals surface area contributed by atoms with Crippen LogP contribution in [0.5, 0.6) is 11.6 Å². The largest absolute Gasteiger partial charge is 0.491 e. The zero-order valence-corrected chi connectivity index (χ0v) is 17.0. The van der Waals surface area contributed by atoms with Crippen molar-refractivity contribution >= 4 is 5.65 Å². The van der Waals surface area contributed by atoms with Gasteiger partial charge in [0, 0.05) is 25.2 Å². The molecule has 0 aliphatic carbocycles. The maximum Gasteiger partial charge on any atom is 0.275 e. The summed E-state index contributed by atoms with van der Waals surface area (Å²) in [6.45, 7) is 7.07. The van der Waals surface area contributed by atoms with Crippen molar-refractivity contribution in [1.29, 1.82) is 0 Å². The number of aromatic nitrogens is 6. The summed E-state index contributed by atoms with van der Waals surface area (Å²) >= 11 is 0. The monoisotopic (exact) mass is 407 g/mol. The molecule has 0 atom stereocenters. The summed E-state index contributed by atoms with van der Waals surface area (Å²) < 4.78 is 18.1. The molecule has 5 heterocycles. The Hall–Kier alpha value is -3.53. The minimum absolute atomic E-state index is 0.273. The van der Waals surface area contributed by atoms with Gasteiger partial charge in [-0.25, -0.2) is 0 Å². The summed E-state index contributed by atoms with van der Waals surface area (Å²) in [6, 6.07) is 7.61. The van der Waals surface area contributed by atoms with Crippen LogP contribution < -0.4 is 9.47 Å². The zero-order chi connectivity index (χ0) is 20.7. The number of aryl methyl sites for hydroxylation is 1. The molecule has 0 unspecified atom stereocenters. The molecule has 0 fully saturated rings. The topological polar surface area (TPSA) is 104 Å². The van der Waals surface area contributed by atoms with Crippen LogP contribution in [0.15, 0.2) is 28.8 Å². The van der Waals surface area contributed by atoms with E-state index in [-0.39, 0.29) is 6.61 Å². The first-order valence-corrected chi connectivity index (χ1v) is 9.71. The van der Waals surface area contributed by atoms with Gasteiger partial charge in [-0.1, -0.05) is 18.1 Å². The van der Waals surface area contributed by atoms with E-state index in [0.717, 1.165) is 31.0 Å². The van der Waals surface area contributed by atoms with E-state index in [1.54, 1.807) is 23.8 Å². The quantitative estimate of drug-likeness (QED) is 0.476. The van der Waals surface area contributed by atoms with Gasteiger partial charge >= 0.3 is 0 Å². The molecule has 1 aliphatic rings. The summed E-state index contributed by atoms with van der Waals surface area (Å²) in [7, 11) is 1.56. The lowest BCUT2D eigenvalue weighted by molar-refractivity contribution is 0.263. The number of fused-ring (bicyclic) bond motifs is 2. The molecule has 4 aromatic rings. The summed E-state index contributed by atoms with van der Waals surface area (Å²) in [6.07, 6.45) is 0. The van der Waals surface area contributed by atoms with Crippen molar-refractivity contribution in [3.8, 4) is 23.1 Å². The van der Waals surface area contributed by atoms with Crippen LogP contribution in [0.3, 0.4) is 0 Å². The van der Waals surface area contributed by atoms with Crippen LogP contribution in [-0.2, 0) is 19.7 Å². The summed E-state index contributed by atoms with van der Waals surface area (Å²) in [4.78, 5) is 7.10. The minimum Gasteiger partial charge on any atom is -0.491 e. The highest BCUT2D eigenvalue weighted by Crippen LogP contribution is 2.28. The van der Waals surface area contributed by atoms with Crippen LogP contribution in [-0.4, -0.2) is 48.5 Å². The molecule has 10 heteroatoms. The first-order valence-electron chi connectivity index (χ1n) is 9.71. The van der Waals surface area contributed by atoms with Gasteiger partial charge in [0.15, 0.2) is 17.1 Å². The predicted octanol–water partition coefficient (Wildman–Crippen LogP) is 2.41. The van der Waals surface area contributed by atoms with Crippen LogP contribution >= 0.6 is 0 Å². The van der Waals surface area contributed by atoms with Crippen molar-refractivity contribution in [3.05, 3.63) is 47.0 Å². The van der Waals surface area contributed by atoms with Crippen LogP contribution in [0.1, 0.15) is 29.6 Å². The lowest BCUT2D eigenvalue weighted by atomic mass is 10.2. The SMILES string of the molecule is CCN1Cc2ccc(COc3nn4c(-c5cc(C)on5)nnc4cc3OC)nc2C1. The Morgan fingerprint density at radius 3 is 2.83 bits per heavy atom. The number of pyridine rings is 1. The Balaban J connectivity index is 1.43. The molecular weight excluding hydrogens is 386 g/mol. The average Bonchev–Trinajstić information content (AvgIpc) is 3.48. The zero-order valence-electron chi connectivity index (χ0n) is 17.0. The Labute approximate surface area is 172 Å². The van der Waals surface area contributed by atoms with Gasteiger partial charge < -0.3 is 14.0 Å². The number of nitrogens with zero attached hydrogens (tertiary/aromatic N) is 7. The lowest BCUT2D eigenvalue weighted by Gasteiger charge is -2.10. The van der Waals surface area contributed by atoms with Crippen LogP contribution in [0, 0.1) is 6.92 Å². The number of hydrogen-bond acceptors (Lipinski definition) is 9. The molecule has 4 aromatic heterocycles. The highest BCUT2D eigenvalue weighted by atomic mass is 16.5. The van der Waals surface area contributed by atoms with Crippen molar-refractivity contribution in [2.75, 3.05) is 13.7 Å². The van der Waals surface area contributed by atoms with Gasteiger partial charge in [-0.2, -0.15) is 4.52 Å². The fraction of sp³-hybridized carbons (Fsp3) is 0.350. The first-order chi connectivity index (χ1) is 14.6. The van der Waals surface area contributed by atoms with Gasteiger partial charge in [-0.3, -0.25) is 9.88 Å². The highest BCUT2D eigenvalue weighted by molar-refractivity contribution is 5.56. The maximum atomic E-state index is 5.97. The summed E-state index contributed by atoms with van der Waals surface area (Å²) in [5.41, 5.74) is 4.28. The molecule has 0 N–H and O–H groups in total. The number of rotatable bonds is 6. The van der Waals surface area contributed by atoms with Gasteiger partial charge in [-0.15, -0.1) is 15.3 Å². The number of methoxy groups -OCH3 is 1. The smallest absolute Gasteiger partial charge is 0.275 e. The standard InChI is InChI=1S/C20H21N7O3/c1-4-26-9-13-5-6-14(21-16(13)10-26)11-29-20-17(28-3)8-18-22-23-19(27(18)24-20)15-7-12(2)30-25-15/h5-8H,4,9-11H2,1-3H3. The van der Waals surface area contributed by atoms with E-state index in [9.17, 15) is 0 Å². The maximum absolute atomic E-state index is 5.97. The number of ether oxygens (including phenoxy) is 2. The van der Waals surface area contributed by atoms with E-state index < -0.39 is 0 Å². The Morgan fingerprint density at radius 2 is 2.07 bits per heavy atom.